The van der Waals surface area contributed by atoms with E-state index in [4.69, 9.17) is 16.2 Å². The number of ether oxygens (including phenoxy) is 1. The van der Waals surface area contributed by atoms with Crippen LogP contribution in [0.4, 0.5) is 11.4 Å². The van der Waals surface area contributed by atoms with Crippen LogP contribution in [0, 0.1) is 0 Å². The molecule has 1 fully saturated rings. The zero-order valence-electron chi connectivity index (χ0n) is 16.6. The highest BCUT2D eigenvalue weighted by atomic mass is 16.5. The molecule has 0 aromatic heterocycles. The second-order valence-electron chi connectivity index (χ2n) is 7.36. The Balaban J connectivity index is 0.000000236. The predicted molar refractivity (Wildman–Crippen MR) is 120 cm³/mol. The van der Waals surface area contributed by atoms with E-state index < -0.39 is 0 Å². The first-order valence-electron chi connectivity index (χ1n) is 10.0. The lowest BCUT2D eigenvalue weighted by atomic mass is 9.84. The van der Waals surface area contributed by atoms with Gasteiger partial charge in [0.25, 0.3) is 0 Å². The Morgan fingerprint density at radius 1 is 0.714 bits per heavy atom. The van der Waals surface area contributed by atoms with Gasteiger partial charge in [-0.15, -0.1) is 0 Å². The second-order valence-corrected chi connectivity index (χ2v) is 7.36. The number of hydrogen-bond acceptors (Lipinski definition) is 3. The number of rotatable bonds is 3. The highest BCUT2D eigenvalue weighted by molar-refractivity contribution is 5.64. The zero-order chi connectivity index (χ0) is 19.8. The quantitative estimate of drug-likeness (QED) is 0.532. The van der Waals surface area contributed by atoms with Gasteiger partial charge in [-0.3, -0.25) is 0 Å². The summed E-state index contributed by atoms with van der Waals surface area (Å²) in [5, 5.41) is 0. The molecule has 3 nitrogen and oxygen atoms in total. The number of nitrogens with two attached hydrogens (primary N) is 2. The molecule has 0 saturated heterocycles. The van der Waals surface area contributed by atoms with Crippen molar-refractivity contribution < 1.29 is 4.74 Å². The predicted octanol–water partition coefficient (Wildman–Crippen LogP) is 6.26. The molecule has 0 radical (unpaired) electrons. The lowest BCUT2D eigenvalue weighted by Gasteiger charge is -2.22. The van der Waals surface area contributed by atoms with E-state index in [9.17, 15) is 0 Å². The summed E-state index contributed by atoms with van der Waals surface area (Å²) in [6.45, 7) is 0. The van der Waals surface area contributed by atoms with Crippen molar-refractivity contribution in [2.45, 2.75) is 38.0 Å². The lowest BCUT2D eigenvalue weighted by molar-refractivity contribution is 0.415. The van der Waals surface area contributed by atoms with Gasteiger partial charge in [0.1, 0.15) is 5.75 Å². The van der Waals surface area contributed by atoms with Gasteiger partial charge >= 0.3 is 0 Å². The number of methoxy groups -OCH3 is 1. The number of anilines is 2. The Morgan fingerprint density at radius 3 is 1.71 bits per heavy atom. The van der Waals surface area contributed by atoms with Crippen molar-refractivity contribution in [3.05, 3.63) is 78.4 Å². The van der Waals surface area contributed by atoms with Crippen molar-refractivity contribution in [1.82, 2.24) is 0 Å². The van der Waals surface area contributed by atoms with Crippen molar-refractivity contribution >= 4 is 11.4 Å². The molecule has 0 aliphatic heterocycles. The molecule has 0 unspecified atom stereocenters. The van der Waals surface area contributed by atoms with Crippen LogP contribution in [-0.4, -0.2) is 7.11 Å². The summed E-state index contributed by atoms with van der Waals surface area (Å²) in [5.74, 6) is 1.70. The van der Waals surface area contributed by atoms with Crippen LogP contribution >= 0.6 is 0 Å². The molecule has 3 aromatic rings. The number of benzene rings is 3. The van der Waals surface area contributed by atoms with E-state index in [1.165, 1.54) is 48.8 Å². The van der Waals surface area contributed by atoms with E-state index in [0.717, 1.165) is 11.7 Å². The fourth-order valence-electron chi connectivity index (χ4n) is 3.73. The lowest BCUT2D eigenvalue weighted by Crippen LogP contribution is -2.04. The topological polar surface area (TPSA) is 61.3 Å². The average molecular weight is 375 g/mol. The van der Waals surface area contributed by atoms with Crippen LogP contribution < -0.4 is 16.2 Å². The first-order chi connectivity index (χ1) is 13.7. The standard InChI is InChI=1S/C19H22O.C6H8N2/c1-20-19-13-11-18(12-14-19)17-9-7-16(8-10-17)15-5-3-2-4-6-15;7-5-2-1-3-6(8)4-5/h7-15H,2-6H2,1H3;1-4H,7-8H2. The maximum atomic E-state index is 5.38. The zero-order valence-corrected chi connectivity index (χ0v) is 16.6. The highest BCUT2D eigenvalue weighted by Gasteiger charge is 2.15. The summed E-state index contributed by atoms with van der Waals surface area (Å²) in [6.07, 6.45) is 6.93. The molecule has 3 heteroatoms. The molecule has 0 bridgehead atoms. The summed E-state index contributed by atoms with van der Waals surface area (Å²) in [6, 6.07) is 24.6. The first kappa shape index (κ1) is 19.8. The molecule has 0 atom stereocenters. The molecular weight excluding hydrogens is 344 g/mol. The van der Waals surface area contributed by atoms with Crippen LogP contribution in [-0.2, 0) is 0 Å². The Morgan fingerprint density at radius 2 is 1.25 bits per heavy atom. The summed E-state index contributed by atoms with van der Waals surface area (Å²) < 4.78 is 5.20. The summed E-state index contributed by atoms with van der Waals surface area (Å²) in [5.41, 5.74) is 16.2. The number of nitrogen functional groups attached to an aromatic ring is 2. The van der Waals surface area contributed by atoms with E-state index in [-0.39, 0.29) is 0 Å². The van der Waals surface area contributed by atoms with Crippen molar-refractivity contribution in [2.24, 2.45) is 0 Å². The van der Waals surface area contributed by atoms with Crippen LogP contribution in [0.5, 0.6) is 5.75 Å². The van der Waals surface area contributed by atoms with Crippen LogP contribution in [0.3, 0.4) is 0 Å². The van der Waals surface area contributed by atoms with Gasteiger partial charge < -0.3 is 16.2 Å². The minimum absolute atomic E-state index is 0.713. The summed E-state index contributed by atoms with van der Waals surface area (Å²) in [4.78, 5) is 0. The third kappa shape index (κ3) is 5.53. The first-order valence-corrected chi connectivity index (χ1v) is 10.0. The van der Waals surface area contributed by atoms with Crippen molar-refractivity contribution in [2.75, 3.05) is 18.6 Å². The highest BCUT2D eigenvalue weighted by Crippen LogP contribution is 2.33. The van der Waals surface area contributed by atoms with Crippen molar-refractivity contribution in [3.8, 4) is 16.9 Å². The SMILES string of the molecule is COc1ccc(-c2ccc(C3CCCCC3)cc2)cc1.Nc1cccc(N)c1. The van der Waals surface area contributed by atoms with Crippen LogP contribution in [0.15, 0.2) is 72.8 Å². The molecule has 28 heavy (non-hydrogen) atoms. The minimum atomic E-state index is 0.713. The third-order valence-corrected chi connectivity index (χ3v) is 5.32. The largest absolute Gasteiger partial charge is 0.497 e. The molecule has 0 spiro atoms. The van der Waals surface area contributed by atoms with E-state index in [2.05, 4.69) is 36.4 Å². The fraction of sp³-hybridized carbons (Fsp3) is 0.280. The molecule has 1 saturated carbocycles. The van der Waals surface area contributed by atoms with Crippen LogP contribution in [0.1, 0.15) is 43.6 Å². The third-order valence-electron chi connectivity index (χ3n) is 5.32. The Labute approximate surface area is 168 Å². The Kier molecular flexibility index (Phi) is 6.96. The van der Waals surface area contributed by atoms with Gasteiger partial charge in [0.2, 0.25) is 0 Å². The second kappa shape index (κ2) is 9.84. The average Bonchev–Trinajstić information content (AvgIpc) is 2.75. The summed E-state index contributed by atoms with van der Waals surface area (Å²) >= 11 is 0. The van der Waals surface area contributed by atoms with Gasteiger partial charge in [0, 0.05) is 11.4 Å². The van der Waals surface area contributed by atoms with Crippen LogP contribution in [0.2, 0.25) is 0 Å². The number of hydrogen-bond donors (Lipinski definition) is 2. The molecule has 4 rings (SSSR count). The maximum absolute atomic E-state index is 5.38. The van der Waals surface area contributed by atoms with Crippen molar-refractivity contribution in [1.29, 1.82) is 0 Å². The normalized spacial score (nSPS) is 14.0. The Hall–Kier alpha value is -2.94. The monoisotopic (exact) mass is 374 g/mol. The van der Waals surface area contributed by atoms with E-state index in [1.807, 2.05) is 18.2 Å². The van der Waals surface area contributed by atoms with Gasteiger partial charge in [-0.1, -0.05) is 61.7 Å². The van der Waals surface area contributed by atoms with E-state index >= 15 is 0 Å². The van der Waals surface area contributed by atoms with Gasteiger partial charge in [-0.05, 0) is 65.8 Å². The van der Waals surface area contributed by atoms with Gasteiger partial charge in [-0.2, -0.15) is 0 Å². The molecule has 146 valence electrons. The molecule has 0 amide bonds. The van der Waals surface area contributed by atoms with Gasteiger partial charge in [0.05, 0.1) is 7.11 Å². The molecular formula is C25H30N2O. The fourth-order valence-corrected chi connectivity index (χ4v) is 3.73. The molecule has 0 heterocycles. The minimum Gasteiger partial charge on any atom is -0.497 e. The maximum Gasteiger partial charge on any atom is 0.118 e. The summed E-state index contributed by atoms with van der Waals surface area (Å²) in [7, 11) is 1.70. The molecule has 1 aliphatic rings. The van der Waals surface area contributed by atoms with E-state index in [0.29, 0.717) is 11.4 Å². The van der Waals surface area contributed by atoms with Crippen molar-refractivity contribution in [3.63, 3.8) is 0 Å². The van der Waals surface area contributed by atoms with Gasteiger partial charge in [0.15, 0.2) is 0 Å². The Bertz CT molecular complexity index is 833. The smallest absolute Gasteiger partial charge is 0.118 e. The molecule has 1 aliphatic carbocycles. The molecule has 4 N–H and O–H groups in total. The van der Waals surface area contributed by atoms with Crippen LogP contribution in [0.25, 0.3) is 11.1 Å². The van der Waals surface area contributed by atoms with E-state index in [1.54, 1.807) is 25.3 Å². The molecule has 3 aromatic carbocycles. The van der Waals surface area contributed by atoms with Gasteiger partial charge in [-0.25, -0.2) is 0 Å².